The summed E-state index contributed by atoms with van der Waals surface area (Å²) in [5.74, 6) is -0.138. The van der Waals surface area contributed by atoms with Crippen molar-refractivity contribution in [3.8, 4) is 0 Å². The summed E-state index contributed by atoms with van der Waals surface area (Å²) in [4.78, 5) is 5.49. The quantitative estimate of drug-likeness (QED) is 0.445. The van der Waals surface area contributed by atoms with Gasteiger partial charge in [0.05, 0.1) is 0 Å². The number of likely N-dealkylation sites (tertiary alicyclic amines) is 2. The molecule has 2 heterocycles. The third-order valence-corrected chi connectivity index (χ3v) is 7.81. The van der Waals surface area contributed by atoms with Crippen LogP contribution in [0.2, 0.25) is 0 Å². The molecule has 0 spiro atoms. The summed E-state index contributed by atoms with van der Waals surface area (Å²) in [5.41, 5.74) is 2.80. The first-order chi connectivity index (χ1) is 14.5. The second kappa shape index (κ2) is 10.9. The first kappa shape index (κ1) is 23.5. The summed E-state index contributed by atoms with van der Waals surface area (Å²) in [7, 11) is 0. The Hall–Kier alpha value is -1.19. The molecule has 1 unspecified atom stereocenters. The van der Waals surface area contributed by atoms with E-state index in [1.54, 1.807) is 12.1 Å². The molecule has 1 atom stereocenters. The topological polar surface area (TPSA) is 6.48 Å². The van der Waals surface area contributed by atoms with Gasteiger partial charge in [-0.05, 0) is 95.0 Å². The minimum absolute atomic E-state index is 0.105. The van der Waals surface area contributed by atoms with Gasteiger partial charge in [-0.2, -0.15) is 0 Å². The number of nitrogens with zero attached hydrogens (tertiary/aromatic N) is 2. The Morgan fingerprint density at radius 3 is 2.13 bits per heavy atom. The van der Waals surface area contributed by atoms with Crippen LogP contribution in [0.1, 0.15) is 84.6 Å². The van der Waals surface area contributed by atoms with Crippen molar-refractivity contribution in [1.29, 1.82) is 0 Å². The van der Waals surface area contributed by atoms with E-state index in [2.05, 4.69) is 43.6 Å². The zero-order valence-electron chi connectivity index (χ0n) is 19.8. The number of hydrogen-bond acceptors (Lipinski definition) is 2. The maximum Gasteiger partial charge on any atom is 0.123 e. The van der Waals surface area contributed by atoms with Crippen LogP contribution >= 0.6 is 0 Å². The van der Waals surface area contributed by atoms with Gasteiger partial charge in [-0.15, -0.1) is 0 Å². The van der Waals surface area contributed by atoms with Crippen LogP contribution < -0.4 is 0 Å². The summed E-state index contributed by atoms with van der Waals surface area (Å²) >= 11 is 0. The molecule has 0 bridgehead atoms. The molecule has 0 aromatic heterocycles. The third-order valence-electron chi connectivity index (χ3n) is 7.81. The van der Waals surface area contributed by atoms with Crippen molar-refractivity contribution in [3.05, 3.63) is 47.3 Å². The minimum Gasteiger partial charge on any atom is -0.300 e. The Kier molecular flexibility index (Phi) is 8.53. The van der Waals surface area contributed by atoms with Crippen LogP contribution in [0.4, 0.5) is 4.39 Å². The number of allylic oxidation sites excluding steroid dienone is 1. The predicted molar refractivity (Wildman–Crippen MR) is 127 cm³/mol. The highest BCUT2D eigenvalue weighted by Gasteiger charge is 2.35. The minimum atomic E-state index is -0.138. The summed E-state index contributed by atoms with van der Waals surface area (Å²) < 4.78 is 13.6. The highest BCUT2D eigenvalue weighted by atomic mass is 19.1. The van der Waals surface area contributed by atoms with Crippen LogP contribution in [-0.2, 0) is 5.41 Å². The van der Waals surface area contributed by atoms with Crippen LogP contribution in [0, 0.1) is 5.82 Å². The lowest BCUT2D eigenvalue weighted by Gasteiger charge is -2.44. The van der Waals surface area contributed by atoms with E-state index in [0.717, 1.165) is 25.3 Å². The molecule has 30 heavy (non-hydrogen) atoms. The maximum absolute atomic E-state index is 13.6. The van der Waals surface area contributed by atoms with Gasteiger partial charge in [0.15, 0.2) is 0 Å². The fourth-order valence-corrected chi connectivity index (χ4v) is 5.81. The Bertz CT molecular complexity index is 659. The number of piperidine rings is 2. The highest BCUT2D eigenvalue weighted by Crippen LogP contribution is 2.38. The van der Waals surface area contributed by atoms with Crippen LogP contribution in [0.15, 0.2) is 35.9 Å². The van der Waals surface area contributed by atoms with Crippen molar-refractivity contribution in [2.75, 3.05) is 26.2 Å². The van der Waals surface area contributed by atoms with E-state index in [0.29, 0.717) is 6.04 Å². The van der Waals surface area contributed by atoms with Gasteiger partial charge in [-0.3, -0.25) is 4.90 Å². The molecule has 2 aliphatic heterocycles. The molecule has 0 saturated carbocycles. The van der Waals surface area contributed by atoms with E-state index in [1.807, 2.05) is 12.1 Å². The molecule has 0 amide bonds. The van der Waals surface area contributed by atoms with Crippen molar-refractivity contribution < 1.29 is 4.39 Å². The normalized spacial score (nSPS) is 20.8. The van der Waals surface area contributed by atoms with E-state index in [4.69, 9.17) is 0 Å². The highest BCUT2D eigenvalue weighted by molar-refractivity contribution is 5.27. The zero-order valence-corrected chi connectivity index (χ0v) is 19.8. The second-order valence-corrected chi connectivity index (χ2v) is 9.87. The van der Waals surface area contributed by atoms with E-state index >= 15 is 0 Å². The molecule has 1 aromatic rings. The number of rotatable bonds is 8. The monoisotopic (exact) mass is 414 g/mol. The van der Waals surface area contributed by atoms with Gasteiger partial charge in [0.2, 0.25) is 0 Å². The Morgan fingerprint density at radius 2 is 1.60 bits per heavy atom. The molecule has 2 nitrogen and oxygen atoms in total. The molecule has 3 heteroatoms. The van der Waals surface area contributed by atoms with Gasteiger partial charge < -0.3 is 4.90 Å². The van der Waals surface area contributed by atoms with Gasteiger partial charge in [0, 0.05) is 25.2 Å². The second-order valence-electron chi connectivity index (χ2n) is 9.87. The zero-order chi connectivity index (χ0) is 21.6. The summed E-state index contributed by atoms with van der Waals surface area (Å²) in [6.07, 6.45) is 12.6. The van der Waals surface area contributed by atoms with E-state index in [1.165, 1.54) is 69.4 Å². The Labute approximate surface area is 184 Å². The first-order valence-electron chi connectivity index (χ1n) is 12.4. The fraction of sp³-hybridized carbons (Fsp3) is 0.704. The average Bonchev–Trinajstić information content (AvgIpc) is 2.78. The first-order valence-corrected chi connectivity index (χ1v) is 12.4. The number of benzene rings is 1. The van der Waals surface area contributed by atoms with Crippen LogP contribution in [0.5, 0.6) is 0 Å². The van der Waals surface area contributed by atoms with Crippen LogP contribution in [0.3, 0.4) is 0 Å². The molecule has 0 radical (unpaired) electrons. The molecular formula is C27H43FN2. The van der Waals surface area contributed by atoms with Crippen molar-refractivity contribution >= 4 is 0 Å². The molecule has 0 N–H and O–H groups in total. The van der Waals surface area contributed by atoms with Gasteiger partial charge in [-0.25, -0.2) is 4.39 Å². The molecule has 2 aliphatic rings. The van der Waals surface area contributed by atoms with Crippen molar-refractivity contribution in [1.82, 2.24) is 9.80 Å². The maximum atomic E-state index is 13.6. The largest absolute Gasteiger partial charge is 0.300 e. The lowest BCUT2D eigenvalue weighted by atomic mass is 9.71. The van der Waals surface area contributed by atoms with E-state index < -0.39 is 0 Å². The summed E-state index contributed by atoms with van der Waals surface area (Å²) in [6, 6.07) is 8.55. The van der Waals surface area contributed by atoms with Crippen molar-refractivity contribution in [2.24, 2.45) is 0 Å². The molecule has 2 fully saturated rings. The fourth-order valence-electron chi connectivity index (χ4n) is 5.81. The number of halogens is 1. The molecule has 0 aliphatic carbocycles. The van der Waals surface area contributed by atoms with E-state index in [-0.39, 0.29) is 11.2 Å². The molecule has 2 saturated heterocycles. The van der Waals surface area contributed by atoms with E-state index in [9.17, 15) is 4.39 Å². The third kappa shape index (κ3) is 5.73. The predicted octanol–water partition coefficient (Wildman–Crippen LogP) is 6.56. The van der Waals surface area contributed by atoms with Gasteiger partial charge >= 0.3 is 0 Å². The number of hydrogen-bond donors (Lipinski definition) is 0. The van der Waals surface area contributed by atoms with Crippen molar-refractivity contribution in [2.45, 2.75) is 96.6 Å². The van der Waals surface area contributed by atoms with Crippen LogP contribution in [-0.4, -0.2) is 48.1 Å². The van der Waals surface area contributed by atoms with Gasteiger partial charge in [0.1, 0.15) is 5.82 Å². The summed E-state index contributed by atoms with van der Waals surface area (Å²) in [6.45, 7) is 14.1. The summed E-state index contributed by atoms with van der Waals surface area (Å²) in [5, 5.41) is 0. The Balaban J connectivity index is 1.73. The molecule has 168 valence electrons. The molecule has 1 aromatic carbocycles. The lowest BCUT2D eigenvalue weighted by molar-refractivity contribution is 0.0732. The standard InChI is InChI=1S/C27H43FN2/c1-5-27(6-2,23-10-12-24(28)13-11-23)21-26(20-22(3)4)30-18-14-25(15-19-30)29-16-8-7-9-17-29/h10-13,20,25-26H,5-9,14-19,21H2,1-4H3. The average molecular weight is 415 g/mol. The SMILES string of the molecule is CCC(CC)(CC(C=C(C)C)N1CCC(N2CCCCC2)CC1)c1ccc(F)cc1. The molecular weight excluding hydrogens is 371 g/mol. The smallest absolute Gasteiger partial charge is 0.123 e. The van der Waals surface area contributed by atoms with Gasteiger partial charge in [-0.1, -0.05) is 44.1 Å². The van der Waals surface area contributed by atoms with Gasteiger partial charge in [0.25, 0.3) is 0 Å². The van der Waals surface area contributed by atoms with Crippen molar-refractivity contribution in [3.63, 3.8) is 0 Å². The molecule has 3 rings (SSSR count). The Morgan fingerprint density at radius 1 is 1.00 bits per heavy atom. The lowest BCUT2D eigenvalue weighted by Crippen LogP contribution is -2.50. The van der Waals surface area contributed by atoms with Crippen LogP contribution in [0.25, 0.3) is 0 Å².